The van der Waals surface area contributed by atoms with E-state index in [9.17, 15) is 4.79 Å². The summed E-state index contributed by atoms with van der Waals surface area (Å²) >= 11 is 0. The first-order valence-electron chi connectivity index (χ1n) is 4.12. The summed E-state index contributed by atoms with van der Waals surface area (Å²) < 4.78 is 0. The van der Waals surface area contributed by atoms with Gasteiger partial charge in [-0.3, -0.25) is 4.79 Å². The summed E-state index contributed by atoms with van der Waals surface area (Å²) in [6.45, 7) is 0. The van der Waals surface area contributed by atoms with E-state index in [2.05, 4.69) is 11.7 Å². The predicted octanol–water partition coefficient (Wildman–Crippen LogP) is -0.0394. The third-order valence-corrected chi connectivity index (χ3v) is 2.82. The smallest absolute Gasteiger partial charge is 0.237 e. The Morgan fingerprint density at radius 1 is 1.73 bits per heavy atom. The first-order chi connectivity index (χ1) is 5.23. The molecule has 0 aliphatic carbocycles. The van der Waals surface area contributed by atoms with Crippen LogP contribution < -0.4 is 11.1 Å². The van der Waals surface area contributed by atoms with Crippen molar-refractivity contribution in [2.24, 2.45) is 5.73 Å². The van der Waals surface area contributed by atoms with Crippen LogP contribution in [0.5, 0.6) is 0 Å². The van der Waals surface area contributed by atoms with Gasteiger partial charge in [0.1, 0.15) is 0 Å². The molecule has 61 valence electrons. The number of rotatable bonds is 1. The molecule has 11 heavy (non-hydrogen) atoms. The first kappa shape index (κ1) is 7.10. The summed E-state index contributed by atoms with van der Waals surface area (Å²) in [6.07, 6.45) is 6.11. The molecule has 2 aliphatic heterocycles. The molecule has 2 saturated heterocycles. The monoisotopic (exact) mass is 153 g/mol. The van der Waals surface area contributed by atoms with Crippen molar-refractivity contribution in [2.75, 3.05) is 0 Å². The first-order valence-corrected chi connectivity index (χ1v) is 4.12. The molecule has 0 saturated carbocycles. The molecule has 2 rings (SSSR count). The van der Waals surface area contributed by atoms with Crippen LogP contribution >= 0.6 is 0 Å². The number of fused-ring (bicyclic) bond motifs is 2. The van der Waals surface area contributed by atoms with Gasteiger partial charge in [-0.05, 0) is 32.1 Å². The van der Waals surface area contributed by atoms with Gasteiger partial charge in [-0.25, -0.2) is 0 Å². The summed E-state index contributed by atoms with van der Waals surface area (Å²) in [5, 5.41) is 3.30. The van der Waals surface area contributed by atoms with E-state index in [0.717, 1.165) is 25.7 Å². The highest BCUT2D eigenvalue weighted by atomic mass is 16.1. The molecule has 1 amide bonds. The fourth-order valence-corrected chi connectivity index (χ4v) is 2.12. The van der Waals surface area contributed by atoms with E-state index in [0.29, 0.717) is 6.04 Å². The van der Waals surface area contributed by atoms with E-state index in [1.54, 1.807) is 0 Å². The molecule has 2 aliphatic rings. The molecular formula is C8H13N2O. The van der Waals surface area contributed by atoms with E-state index >= 15 is 0 Å². The third kappa shape index (κ3) is 0.948. The second-order valence-corrected chi connectivity index (χ2v) is 3.55. The van der Waals surface area contributed by atoms with Crippen molar-refractivity contribution >= 4 is 5.91 Å². The Morgan fingerprint density at radius 3 is 3.18 bits per heavy atom. The number of primary amides is 1. The Hall–Kier alpha value is -0.570. The number of hydrogen-bond acceptors (Lipinski definition) is 2. The van der Waals surface area contributed by atoms with Crippen LogP contribution in [0.2, 0.25) is 0 Å². The van der Waals surface area contributed by atoms with Crippen LogP contribution in [0.3, 0.4) is 0 Å². The predicted molar refractivity (Wildman–Crippen MR) is 41.6 cm³/mol. The maximum atomic E-state index is 11.1. The zero-order valence-corrected chi connectivity index (χ0v) is 6.47. The van der Waals surface area contributed by atoms with Crippen molar-refractivity contribution < 1.29 is 4.79 Å². The largest absolute Gasteiger partial charge is 0.368 e. The van der Waals surface area contributed by atoms with Gasteiger partial charge in [0.05, 0.1) is 5.54 Å². The van der Waals surface area contributed by atoms with Crippen LogP contribution in [0.1, 0.15) is 25.7 Å². The molecule has 3 N–H and O–H groups in total. The molecule has 3 nitrogen and oxygen atoms in total. The number of nitrogens with two attached hydrogens (primary N) is 1. The Kier molecular flexibility index (Phi) is 1.42. The molecule has 0 spiro atoms. The van der Waals surface area contributed by atoms with Crippen molar-refractivity contribution in [2.45, 2.75) is 37.3 Å². The van der Waals surface area contributed by atoms with E-state index < -0.39 is 0 Å². The van der Waals surface area contributed by atoms with Gasteiger partial charge in [0.2, 0.25) is 5.91 Å². The van der Waals surface area contributed by atoms with Gasteiger partial charge in [-0.15, -0.1) is 0 Å². The van der Waals surface area contributed by atoms with Crippen molar-refractivity contribution in [3.63, 3.8) is 0 Å². The van der Waals surface area contributed by atoms with E-state index in [1.165, 1.54) is 0 Å². The maximum Gasteiger partial charge on any atom is 0.237 e. The van der Waals surface area contributed by atoms with E-state index in [1.807, 2.05) is 0 Å². The second-order valence-electron chi connectivity index (χ2n) is 3.55. The Bertz CT molecular complexity index is 189. The van der Waals surface area contributed by atoms with Gasteiger partial charge in [0.15, 0.2) is 0 Å². The van der Waals surface area contributed by atoms with Gasteiger partial charge in [0.25, 0.3) is 0 Å². The minimum Gasteiger partial charge on any atom is -0.368 e. The van der Waals surface area contributed by atoms with Crippen LogP contribution in [0, 0.1) is 6.42 Å². The molecule has 1 radical (unpaired) electrons. The summed E-state index contributed by atoms with van der Waals surface area (Å²) in [6, 6.07) is 0.510. The number of carbonyl (C=O) groups is 1. The zero-order valence-electron chi connectivity index (χ0n) is 6.47. The van der Waals surface area contributed by atoms with Crippen molar-refractivity contribution in [1.82, 2.24) is 5.32 Å². The normalized spacial score (nSPS) is 42.4. The molecule has 3 heteroatoms. The highest BCUT2D eigenvalue weighted by Crippen LogP contribution is 2.34. The SMILES string of the molecule is NC(=O)[C@@]12C[CH]C[C@@H](CC1)N2. The second kappa shape index (κ2) is 2.21. The molecule has 2 fully saturated rings. The lowest BCUT2D eigenvalue weighted by atomic mass is 9.90. The van der Waals surface area contributed by atoms with Crippen LogP contribution in [0.15, 0.2) is 0 Å². The minimum absolute atomic E-state index is 0.184. The summed E-state index contributed by atoms with van der Waals surface area (Å²) in [7, 11) is 0. The van der Waals surface area contributed by atoms with Gasteiger partial charge in [-0.2, -0.15) is 0 Å². The molecule has 2 heterocycles. The highest BCUT2D eigenvalue weighted by Gasteiger charge is 2.45. The van der Waals surface area contributed by atoms with E-state index in [-0.39, 0.29) is 11.4 Å². The Balaban J connectivity index is 2.19. The molecule has 0 unspecified atom stereocenters. The van der Waals surface area contributed by atoms with Crippen molar-refractivity contribution in [1.29, 1.82) is 0 Å². The molecular weight excluding hydrogens is 140 g/mol. The number of nitrogens with one attached hydrogen (secondary N) is 1. The highest BCUT2D eigenvalue weighted by molar-refractivity contribution is 5.85. The molecule has 0 aromatic carbocycles. The Labute approximate surface area is 66.3 Å². The third-order valence-electron chi connectivity index (χ3n) is 2.82. The summed E-state index contributed by atoms with van der Waals surface area (Å²) in [5.74, 6) is -0.184. The molecule has 2 atom stereocenters. The number of amides is 1. The number of hydrogen-bond donors (Lipinski definition) is 2. The van der Waals surface area contributed by atoms with Crippen LogP contribution in [0.25, 0.3) is 0 Å². The summed E-state index contributed by atoms with van der Waals surface area (Å²) in [5.41, 5.74) is 4.95. The topological polar surface area (TPSA) is 55.1 Å². The lowest BCUT2D eigenvalue weighted by molar-refractivity contribution is -0.124. The van der Waals surface area contributed by atoms with Gasteiger partial charge in [0, 0.05) is 6.04 Å². The van der Waals surface area contributed by atoms with Gasteiger partial charge < -0.3 is 11.1 Å². The van der Waals surface area contributed by atoms with Gasteiger partial charge >= 0.3 is 0 Å². The average Bonchev–Trinajstić information content (AvgIpc) is 2.29. The molecule has 0 aromatic heterocycles. The fourth-order valence-electron chi connectivity index (χ4n) is 2.12. The fraction of sp³-hybridized carbons (Fsp3) is 0.750. The van der Waals surface area contributed by atoms with Crippen LogP contribution in [0.4, 0.5) is 0 Å². The quantitative estimate of drug-likeness (QED) is 0.555. The van der Waals surface area contributed by atoms with Gasteiger partial charge in [-0.1, -0.05) is 0 Å². The lowest BCUT2D eigenvalue weighted by Gasteiger charge is -2.31. The van der Waals surface area contributed by atoms with Crippen LogP contribution in [-0.2, 0) is 4.79 Å². The number of piperidine rings is 1. The Morgan fingerprint density at radius 2 is 2.55 bits per heavy atom. The summed E-state index contributed by atoms with van der Waals surface area (Å²) in [4.78, 5) is 11.1. The lowest BCUT2D eigenvalue weighted by Crippen LogP contribution is -2.55. The number of carbonyl (C=O) groups excluding carboxylic acids is 1. The zero-order chi connectivity index (χ0) is 7.90. The molecule has 0 aromatic rings. The average molecular weight is 153 g/mol. The molecule has 2 bridgehead atoms. The standard InChI is InChI=1S/C8H13N2O/c9-7(11)8-4-1-2-6(10-8)3-5-8/h1,6,10H,2-5H2,(H2,9,11)/t6-,8+/m0/s1. The van der Waals surface area contributed by atoms with Crippen molar-refractivity contribution in [3.05, 3.63) is 6.42 Å². The minimum atomic E-state index is -0.372. The van der Waals surface area contributed by atoms with Crippen LogP contribution in [-0.4, -0.2) is 17.5 Å². The van der Waals surface area contributed by atoms with E-state index in [4.69, 9.17) is 5.73 Å². The van der Waals surface area contributed by atoms with Crippen molar-refractivity contribution in [3.8, 4) is 0 Å². The maximum absolute atomic E-state index is 11.1.